The summed E-state index contributed by atoms with van der Waals surface area (Å²) >= 11 is 0. The Morgan fingerprint density at radius 3 is 2.33 bits per heavy atom. The van der Waals surface area contributed by atoms with E-state index in [1.54, 1.807) is 0 Å². The minimum absolute atomic E-state index is 0.0306. The van der Waals surface area contributed by atoms with Gasteiger partial charge in [0.1, 0.15) is 0 Å². The van der Waals surface area contributed by atoms with Crippen LogP contribution in [0.2, 0.25) is 0 Å². The van der Waals surface area contributed by atoms with Crippen LogP contribution in [0.4, 0.5) is 0 Å². The van der Waals surface area contributed by atoms with Crippen molar-refractivity contribution in [2.75, 3.05) is 13.1 Å². The van der Waals surface area contributed by atoms with Gasteiger partial charge in [-0.1, -0.05) is 45.0 Å². The lowest BCUT2D eigenvalue weighted by molar-refractivity contribution is -0.135. The molecule has 0 bridgehead atoms. The van der Waals surface area contributed by atoms with Crippen molar-refractivity contribution in [3.8, 4) is 0 Å². The van der Waals surface area contributed by atoms with Crippen LogP contribution in [0.3, 0.4) is 0 Å². The van der Waals surface area contributed by atoms with Gasteiger partial charge in [-0.05, 0) is 36.7 Å². The van der Waals surface area contributed by atoms with E-state index in [1.807, 2.05) is 29.2 Å². The number of amides is 1. The van der Waals surface area contributed by atoms with Crippen molar-refractivity contribution in [3.05, 3.63) is 35.4 Å². The van der Waals surface area contributed by atoms with Gasteiger partial charge in [0.2, 0.25) is 5.91 Å². The fourth-order valence-corrected chi connectivity index (χ4v) is 3.41. The molecule has 1 amide bonds. The van der Waals surface area contributed by atoms with E-state index in [1.165, 1.54) is 5.56 Å². The standard InChI is InChI=1S/C20H28N2O2/c1-19(2,3)16-8-6-14(7-9-16)17(23)15-5-4-12-22(13-15)18(24)20(21)10-11-20/h6-9,15H,4-5,10-13,21H2,1-3H3/t15-/m0/s1. The first-order chi connectivity index (χ1) is 11.2. The monoisotopic (exact) mass is 328 g/mol. The Morgan fingerprint density at radius 1 is 1.17 bits per heavy atom. The number of carbonyl (C=O) groups is 2. The van der Waals surface area contributed by atoms with Crippen LogP contribution in [-0.4, -0.2) is 35.2 Å². The van der Waals surface area contributed by atoms with Crippen LogP contribution < -0.4 is 5.73 Å². The minimum Gasteiger partial charge on any atom is -0.340 e. The lowest BCUT2D eigenvalue weighted by atomic mass is 9.85. The summed E-state index contributed by atoms with van der Waals surface area (Å²) in [5.41, 5.74) is 7.44. The van der Waals surface area contributed by atoms with Crippen molar-refractivity contribution >= 4 is 11.7 Å². The average Bonchev–Trinajstić information content (AvgIpc) is 3.32. The Bertz CT molecular complexity index is 639. The lowest BCUT2D eigenvalue weighted by Gasteiger charge is -2.33. The summed E-state index contributed by atoms with van der Waals surface area (Å²) < 4.78 is 0. The molecule has 130 valence electrons. The minimum atomic E-state index is -0.640. The summed E-state index contributed by atoms with van der Waals surface area (Å²) in [7, 11) is 0. The maximum absolute atomic E-state index is 12.8. The number of Topliss-reactive ketones (excluding diaryl/α,β-unsaturated/α-hetero) is 1. The molecule has 1 aliphatic heterocycles. The maximum Gasteiger partial charge on any atom is 0.242 e. The molecule has 1 atom stereocenters. The molecule has 0 spiro atoms. The number of likely N-dealkylation sites (tertiary alicyclic amines) is 1. The zero-order valence-electron chi connectivity index (χ0n) is 15.0. The van der Waals surface area contributed by atoms with Crippen molar-refractivity contribution in [2.24, 2.45) is 11.7 Å². The molecular formula is C20H28N2O2. The molecule has 2 N–H and O–H groups in total. The van der Waals surface area contributed by atoms with Crippen LogP contribution in [0.1, 0.15) is 62.4 Å². The first-order valence-corrected chi connectivity index (χ1v) is 8.94. The molecule has 1 saturated carbocycles. The van der Waals surface area contributed by atoms with Gasteiger partial charge in [-0.25, -0.2) is 0 Å². The Hall–Kier alpha value is -1.68. The highest BCUT2D eigenvalue weighted by molar-refractivity contribution is 5.98. The van der Waals surface area contributed by atoms with Crippen LogP contribution >= 0.6 is 0 Å². The number of piperidine rings is 1. The van der Waals surface area contributed by atoms with E-state index >= 15 is 0 Å². The van der Waals surface area contributed by atoms with Gasteiger partial charge in [0, 0.05) is 24.6 Å². The first-order valence-electron chi connectivity index (χ1n) is 8.94. The third-order valence-electron chi connectivity index (χ3n) is 5.33. The summed E-state index contributed by atoms with van der Waals surface area (Å²) in [4.78, 5) is 27.1. The molecule has 1 aromatic carbocycles. The topological polar surface area (TPSA) is 63.4 Å². The number of carbonyl (C=O) groups excluding carboxylic acids is 2. The molecule has 0 unspecified atom stereocenters. The van der Waals surface area contributed by atoms with Crippen molar-refractivity contribution < 1.29 is 9.59 Å². The van der Waals surface area contributed by atoms with Gasteiger partial charge in [0.15, 0.2) is 5.78 Å². The zero-order valence-corrected chi connectivity index (χ0v) is 15.0. The number of hydrogen-bond donors (Lipinski definition) is 1. The van der Waals surface area contributed by atoms with Crippen molar-refractivity contribution in [2.45, 2.75) is 57.4 Å². The highest BCUT2D eigenvalue weighted by Crippen LogP contribution is 2.35. The molecule has 4 nitrogen and oxygen atoms in total. The molecule has 0 aromatic heterocycles. The molecule has 1 aliphatic carbocycles. The van der Waals surface area contributed by atoms with Crippen molar-refractivity contribution in [1.29, 1.82) is 0 Å². The molecule has 3 rings (SSSR count). The predicted molar refractivity (Wildman–Crippen MR) is 94.9 cm³/mol. The van der Waals surface area contributed by atoms with Gasteiger partial charge in [0.25, 0.3) is 0 Å². The molecule has 2 fully saturated rings. The highest BCUT2D eigenvalue weighted by Gasteiger charge is 2.49. The summed E-state index contributed by atoms with van der Waals surface area (Å²) in [5, 5.41) is 0. The summed E-state index contributed by atoms with van der Waals surface area (Å²) in [6.45, 7) is 7.72. The molecule has 1 saturated heterocycles. The summed E-state index contributed by atoms with van der Waals surface area (Å²) in [6.07, 6.45) is 3.27. The lowest BCUT2D eigenvalue weighted by Crippen LogP contribution is -2.50. The fourth-order valence-electron chi connectivity index (χ4n) is 3.41. The van der Waals surface area contributed by atoms with E-state index in [0.29, 0.717) is 6.54 Å². The number of nitrogens with zero attached hydrogens (tertiary/aromatic N) is 1. The second-order valence-corrected chi connectivity index (χ2v) is 8.44. The second kappa shape index (κ2) is 5.99. The number of rotatable bonds is 3. The molecule has 4 heteroatoms. The SMILES string of the molecule is CC(C)(C)c1ccc(C(=O)[C@H]2CCCN(C(=O)C3(N)CC3)C2)cc1. The van der Waals surface area contributed by atoms with Gasteiger partial charge in [-0.2, -0.15) is 0 Å². The Kier molecular flexibility index (Phi) is 4.28. The molecule has 1 aromatic rings. The third kappa shape index (κ3) is 3.39. The predicted octanol–water partition coefficient (Wildman–Crippen LogP) is 2.90. The largest absolute Gasteiger partial charge is 0.340 e. The third-order valence-corrected chi connectivity index (χ3v) is 5.33. The Balaban J connectivity index is 1.69. The van der Waals surface area contributed by atoms with E-state index in [9.17, 15) is 9.59 Å². The normalized spacial score (nSPS) is 23.0. The summed E-state index contributed by atoms with van der Waals surface area (Å²) in [6, 6.07) is 7.93. The van der Waals surface area contributed by atoms with E-state index in [-0.39, 0.29) is 23.0 Å². The van der Waals surface area contributed by atoms with Crippen molar-refractivity contribution in [3.63, 3.8) is 0 Å². The molecule has 1 heterocycles. The van der Waals surface area contributed by atoms with Gasteiger partial charge in [-0.15, -0.1) is 0 Å². The van der Waals surface area contributed by atoms with E-state index < -0.39 is 5.54 Å². The van der Waals surface area contributed by atoms with Gasteiger partial charge in [0.05, 0.1) is 5.54 Å². The Labute approximate surface area is 144 Å². The number of ketones is 1. The second-order valence-electron chi connectivity index (χ2n) is 8.44. The quantitative estimate of drug-likeness (QED) is 0.868. The average molecular weight is 328 g/mol. The van der Waals surface area contributed by atoms with Gasteiger partial charge in [-0.3, -0.25) is 9.59 Å². The molecule has 0 radical (unpaired) electrons. The van der Waals surface area contributed by atoms with Gasteiger partial charge < -0.3 is 10.6 Å². The van der Waals surface area contributed by atoms with E-state index in [4.69, 9.17) is 5.73 Å². The van der Waals surface area contributed by atoms with Crippen LogP contribution in [-0.2, 0) is 10.2 Å². The fraction of sp³-hybridized carbons (Fsp3) is 0.600. The van der Waals surface area contributed by atoms with Crippen LogP contribution in [0.5, 0.6) is 0 Å². The van der Waals surface area contributed by atoms with E-state index in [2.05, 4.69) is 20.8 Å². The van der Waals surface area contributed by atoms with Crippen LogP contribution in [0.25, 0.3) is 0 Å². The van der Waals surface area contributed by atoms with E-state index in [0.717, 1.165) is 37.8 Å². The summed E-state index contributed by atoms with van der Waals surface area (Å²) in [5.74, 6) is 0.0726. The zero-order chi connectivity index (χ0) is 17.5. The maximum atomic E-state index is 12.8. The van der Waals surface area contributed by atoms with Crippen molar-refractivity contribution in [1.82, 2.24) is 4.90 Å². The number of benzene rings is 1. The number of hydrogen-bond acceptors (Lipinski definition) is 3. The Morgan fingerprint density at radius 2 is 1.79 bits per heavy atom. The molecule has 2 aliphatic rings. The molecule has 24 heavy (non-hydrogen) atoms. The van der Waals surface area contributed by atoms with Gasteiger partial charge >= 0.3 is 0 Å². The number of nitrogens with two attached hydrogens (primary N) is 1. The van der Waals surface area contributed by atoms with Crippen LogP contribution in [0.15, 0.2) is 24.3 Å². The smallest absolute Gasteiger partial charge is 0.242 e. The molecular weight excluding hydrogens is 300 g/mol. The highest BCUT2D eigenvalue weighted by atomic mass is 16.2. The van der Waals surface area contributed by atoms with Crippen LogP contribution in [0, 0.1) is 5.92 Å². The first kappa shape index (κ1) is 17.2.